The number of hydrogen-bond donors (Lipinski definition) is 2. The smallest absolute Gasteiger partial charge is 0.134 e. The molecule has 4 heteroatoms. The zero-order valence-corrected chi connectivity index (χ0v) is 8.14. The summed E-state index contributed by atoms with van der Waals surface area (Å²) in [6.45, 7) is 1.58. The van der Waals surface area contributed by atoms with Crippen molar-refractivity contribution >= 4 is 18.0 Å². The molecule has 1 aromatic rings. The van der Waals surface area contributed by atoms with Crippen LogP contribution in [0.15, 0.2) is 18.2 Å². The van der Waals surface area contributed by atoms with E-state index in [1.54, 1.807) is 6.92 Å². The predicted octanol–water partition coefficient (Wildman–Crippen LogP) is 2.96. The summed E-state index contributed by atoms with van der Waals surface area (Å²) in [7, 11) is 0. The monoisotopic (exact) mass is 208 g/mol. The van der Waals surface area contributed by atoms with Gasteiger partial charge in [-0.05, 0) is 30.7 Å². The van der Waals surface area contributed by atoms with Gasteiger partial charge in [-0.1, -0.05) is 0 Å². The van der Waals surface area contributed by atoms with Crippen molar-refractivity contribution in [2.24, 2.45) is 0 Å². The molecule has 0 atom stereocenters. The molecule has 78 valence electrons. The Morgan fingerprint density at radius 3 is 2.13 bits per heavy atom. The summed E-state index contributed by atoms with van der Waals surface area (Å²) in [5.74, 6) is -1.44. The normalized spacial score (nSPS) is 11.3. The van der Waals surface area contributed by atoms with Crippen LogP contribution in [-0.4, -0.2) is 12.4 Å². The lowest BCUT2D eigenvalue weighted by molar-refractivity contribution is 0.576. The molecule has 2 nitrogen and oxygen atoms in total. The van der Waals surface area contributed by atoms with Crippen molar-refractivity contribution in [3.05, 3.63) is 41.0 Å². The van der Waals surface area contributed by atoms with Gasteiger partial charge in [-0.25, -0.2) is 8.78 Å². The van der Waals surface area contributed by atoms with Crippen molar-refractivity contribution in [1.82, 2.24) is 0 Å². The largest absolute Gasteiger partial charge is 0.309 e. The van der Waals surface area contributed by atoms with E-state index in [-0.39, 0.29) is 11.1 Å². The molecular weight excluding hydrogens is 198 g/mol. The minimum Gasteiger partial charge on any atom is -0.309 e. The third-order valence-corrected chi connectivity index (χ3v) is 1.89. The zero-order valence-electron chi connectivity index (χ0n) is 8.14. The van der Waals surface area contributed by atoms with Crippen LogP contribution in [0, 0.1) is 29.4 Å². The van der Waals surface area contributed by atoms with Crippen molar-refractivity contribution in [1.29, 1.82) is 10.8 Å². The van der Waals surface area contributed by atoms with E-state index in [1.807, 2.05) is 0 Å². The minimum atomic E-state index is -0.718. The highest BCUT2D eigenvalue weighted by Crippen LogP contribution is 2.21. The van der Waals surface area contributed by atoms with Crippen LogP contribution in [-0.2, 0) is 0 Å². The van der Waals surface area contributed by atoms with Crippen molar-refractivity contribution in [2.45, 2.75) is 6.92 Å². The fraction of sp³-hybridized carbons (Fsp3) is 0.0909. The van der Waals surface area contributed by atoms with E-state index >= 15 is 0 Å². The molecule has 15 heavy (non-hydrogen) atoms. The van der Waals surface area contributed by atoms with Crippen LogP contribution in [0.2, 0.25) is 0 Å². The molecule has 0 fully saturated rings. The van der Waals surface area contributed by atoms with Gasteiger partial charge in [-0.15, -0.1) is 0 Å². The van der Waals surface area contributed by atoms with Crippen molar-refractivity contribution in [2.75, 3.05) is 0 Å². The van der Waals surface area contributed by atoms with Crippen molar-refractivity contribution in [3.63, 3.8) is 0 Å². The van der Waals surface area contributed by atoms with E-state index in [4.69, 9.17) is 10.8 Å². The Kier molecular flexibility index (Phi) is 3.44. The van der Waals surface area contributed by atoms with E-state index in [0.717, 1.165) is 12.4 Å². The average Bonchev–Trinajstić information content (AvgIpc) is 2.14. The molecule has 1 aromatic carbocycles. The maximum atomic E-state index is 13.4. The molecule has 0 unspecified atom stereocenters. The lowest BCUT2D eigenvalue weighted by Gasteiger charge is -2.05. The van der Waals surface area contributed by atoms with Crippen molar-refractivity contribution in [3.8, 4) is 0 Å². The maximum absolute atomic E-state index is 13.4. The number of aryl methyl sites for hydroxylation is 1. The third-order valence-electron chi connectivity index (χ3n) is 1.89. The minimum absolute atomic E-state index is 0.0417. The summed E-state index contributed by atoms with van der Waals surface area (Å²) < 4.78 is 26.8. The van der Waals surface area contributed by atoms with Crippen LogP contribution in [0.1, 0.15) is 11.1 Å². The summed E-state index contributed by atoms with van der Waals surface area (Å²) in [4.78, 5) is 0. The lowest BCUT2D eigenvalue weighted by atomic mass is 10.0. The van der Waals surface area contributed by atoms with Gasteiger partial charge in [-0.2, -0.15) is 0 Å². The summed E-state index contributed by atoms with van der Waals surface area (Å²) in [6.07, 6.45) is 2.88. The van der Waals surface area contributed by atoms with Gasteiger partial charge in [0, 0.05) is 18.0 Å². The third kappa shape index (κ3) is 2.34. The van der Waals surface area contributed by atoms with Crippen LogP contribution < -0.4 is 0 Å². The number of nitrogens with one attached hydrogen (secondary N) is 2. The van der Waals surface area contributed by atoms with Crippen LogP contribution >= 0.6 is 0 Å². The van der Waals surface area contributed by atoms with Gasteiger partial charge in [0.15, 0.2) is 0 Å². The molecule has 1 rings (SSSR count). The Labute approximate surface area is 86.3 Å². The topological polar surface area (TPSA) is 47.7 Å². The molecule has 0 aliphatic carbocycles. The predicted molar refractivity (Wildman–Crippen MR) is 56.6 cm³/mol. The number of rotatable bonds is 3. The molecule has 0 bridgehead atoms. The highest BCUT2D eigenvalue weighted by atomic mass is 19.1. The highest BCUT2D eigenvalue weighted by Gasteiger charge is 2.12. The molecule has 0 amide bonds. The Hall–Kier alpha value is -1.84. The number of benzene rings is 1. The molecule has 0 aromatic heterocycles. The van der Waals surface area contributed by atoms with Crippen LogP contribution in [0.4, 0.5) is 8.78 Å². The second-order valence-electron chi connectivity index (χ2n) is 3.04. The second-order valence-corrected chi connectivity index (χ2v) is 3.04. The first-order valence-electron chi connectivity index (χ1n) is 4.27. The van der Waals surface area contributed by atoms with Gasteiger partial charge < -0.3 is 10.8 Å². The molecule has 0 radical (unpaired) electrons. The standard InChI is InChI=1S/C11H10F2N2/c1-7-4-9(12)11(10(13)5-7)8(6-15)2-3-14/h2-6,14-15H,1H3/b8-2+,14-3?,15-6?. The van der Waals surface area contributed by atoms with E-state index in [0.29, 0.717) is 5.56 Å². The maximum Gasteiger partial charge on any atom is 0.134 e. The SMILES string of the molecule is Cc1cc(F)c(/C(C=N)=C/C=N)c(F)c1. The van der Waals surface area contributed by atoms with Gasteiger partial charge in [0.2, 0.25) is 0 Å². The Balaban J connectivity index is 3.42. The second kappa shape index (κ2) is 4.59. The van der Waals surface area contributed by atoms with Gasteiger partial charge in [0.1, 0.15) is 11.6 Å². The molecular formula is C11H10F2N2. The summed E-state index contributed by atoms with van der Waals surface area (Å²) in [5, 5.41) is 13.8. The van der Waals surface area contributed by atoms with E-state index in [2.05, 4.69) is 0 Å². The Bertz CT molecular complexity index is 413. The molecule has 0 saturated carbocycles. The van der Waals surface area contributed by atoms with Gasteiger partial charge in [0.25, 0.3) is 0 Å². The molecule has 0 heterocycles. The van der Waals surface area contributed by atoms with Crippen molar-refractivity contribution < 1.29 is 8.78 Å². The first-order valence-corrected chi connectivity index (χ1v) is 4.27. The number of hydrogen-bond acceptors (Lipinski definition) is 2. The average molecular weight is 208 g/mol. The van der Waals surface area contributed by atoms with Crippen LogP contribution in [0.25, 0.3) is 5.57 Å². The number of allylic oxidation sites excluding steroid dienone is 2. The number of halogens is 2. The van der Waals surface area contributed by atoms with E-state index in [9.17, 15) is 8.78 Å². The molecule has 0 aliphatic rings. The Morgan fingerprint density at radius 2 is 1.73 bits per heavy atom. The zero-order chi connectivity index (χ0) is 11.4. The first-order chi connectivity index (χ1) is 7.10. The molecule has 0 spiro atoms. The highest BCUT2D eigenvalue weighted by molar-refractivity contribution is 6.12. The summed E-state index contributed by atoms with van der Waals surface area (Å²) >= 11 is 0. The van der Waals surface area contributed by atoms with Gasteiger partial charge >= 0.3 is 0 Å². The quantitative estimate of drug-likeness (QED) is 0.717. The fourth-order valence-electron chi connectivity index (χ4n) is 1.27. The van der Waals surface area contributed by atoms with Gasteiger partial charge in [-0.3, -0.25) is 0 Å². The molecule has 0 aliphatic heterocycles. The van der Waals surface area contributed by atoms with Crippen LogP contribution in [0.5, 0.6) is 0 Å². The molecule has 2 N–H and O–H groups in total. The van der Waals surface area contributed by atoms with Gasteiger partial charge in [0.05, 0.1) is 5.56 Å². The Morgan fingerprint density at radius 1 is 1.20 bits per heavy atom. The van der Waals surface area contributed by atoms with E-state index < -0.39 is 11.6 Å². The summed E-state index contributed by atoms with van der Waals surface area (Å²) in [6, 6.07) is 2.39. The van der Waals surface area contributed by atoms with E-state index in [1.165, 1.54) is 18.2 Å². The fourth-order valence-corrected chi connectivity index (χ4v) is 1.27. The first kappa shape index (κ1) is 11.2. The molecule has 0 saturated heterocycles. The van der Waals surface area contributed by atoms with Crippen LogP contribution in [0.3, 0.4) is 0 Å². The summed E-state index contributed by atoms with van der Waals surface area (Å²) in [5.41, 5.74) is 0.257. The lowest BCUT2D eigenvalue weighted by Crippen LogP contribution is -1.97.